The van der Waals surface area contributed by atoms with Crippen molar-refractivity contribution < 1.29 is 9.53 Å². The Morgan fingerprint density at radius 1 is 1.38 bits per heavy atom. The number of hydrogen-bond donors (Lipinski definition) is 0. The van der Waals surface area contributed by atoms with E-state index >= 15 is 0 Å². The molecule has 2 aromatic heterocycles. The van der Waals surface area contributed by atoms with Crippen molar-refractivity contribution in [1.82, 2.24) is 14.6 Å². The summed E-state index contributed by atoms with van der Waals surface area (Å²) in [5, 5.41) is 4.10. The number of nitrogens with zero attached hydrogens (tertiary/aromatic N) is 3. The molecule has 2 rings (SSSR count). The molecule has 0 aliphatic carbocycles. The number of rotatable bonds is 1. The van der Waals surface area contributed by atoms with Crippen LogP contribution in [0.3, 0.4) is 0 Å². The van der Waals surface area contributed by atoms with Crippen LogP contribution in [0.4, 0.5) is 0 Å². The van der Waals surface area contributed by atoms with Gasteiger partial charge in [0.25, 0.3) is 0 Å². The van der Waals surface area contributed by atoms with Crippen molar-refractivity contribution in [3.63, 3.8) is 0 Å². The Morgan fingerprint density at radius 2 is 2.12 bits per heavy atom. The van der Waals surface area contributed by atoms with E-state index in [1.807, 2.05) is 20.8 Å². The Bertz CT molecular complexity index is 525. The molecule has 0 saturated carbocycles. The van der Waals surface area contributed by atoms with Gasteiger partial charge >= 0.3 is 5.97 Å². The molecule has 16 heavy (non-hydrogen) atoms. The largest absolute Gasteiger partial charge is 0.455 e. The van der Waals surface area contributed by atoms with Crippen molar-refractivity contribution in [3.05, 3.63) is 30.2 Å². The first-order chi connectivity index (χ1) is 7.46. The second-order valence-electron chi connectivity index (χ2n) is 4.45. The minimum absolute atomic E-state index is 0.278. The number of aromatic nitrogens is 3. The van der Waals surface area contributed by atoms with Crippen molar-refractivity contribution >= 4 is 11.6 Å². The standard InChI is InChI=1S/C11H13N3O2/c1-11(2,3)16-10(15)8-4-5-9-12-6-7-14(9)13-8/h4-7H,1-3H3. The maximum atomic E-state index is 11.7. The fourth-order valence-corrected chi connectivity index (χ4v) is 1.25. The zero-order valence-electron chi connectivity index (χ0n) is 9.47. The molecule has 0 bridgehead atoms. The van der Waals surface area contributed by atoms with Gasteiger partial charge in [-0.05, 0) is 32.9 Å². The van der Waals surface area contributed by atoms with Gasteiger partial charge in [0.05, 0.1) is 0 Å². The van der Waals surface area contributed by atoms with E-state index in [9.17, 15) is 4.79 Å². The fourth-order valence-electron chi connectivity index (χ4n) is 1.25. The number of carbonyl (C=O) groups is 1. The molecule has 5 nitrogen and oxygen atoms in total. The maximum absolute atomic E-state index is 11.7. The Kier molecular flexibility index (Phi) is 2.38. The molecular weight excluding hydrogens is 206 g/mol. The van der Waals surface area contributed by atoms with Crippen molar-refractivity contribution in [2.24, 2.45) is 0 Å². The van der Waals surface area contributed by atoms with Gasteiger partial charge in [-0.2, -0.15) is 5.10 Å². The fraction of sp³-hybridized carbons (Fsp3) is 0.364. The summed E-state index contributed by atoms with van der Waals surface area (Å²) in [6.45, 7) is 5.46. The van der Waals surface area contributed by atoms with E-state index in [2.05, 4.69) is 10.1 Å². The molecule has 2 heterocycles. The molecular formula is C11H13N3O2. The molecule has 5 heteroatoms. The highest BCUT2D eigenvalue weighted by molar-refractivity contribution is 5.87. The van der Waals surface area contributed by atoms with Gasteiger partial charge in [0.2, 0.25) is 0 Å². The number of ether oxygens (including phenoxy) is 1. The van der Waals surface area contributed by atoms with Crippen LogP contribution in [0.5, 0.6) is 0 Å². The summed E-state index contributed by atoms with van der Waals surface area (Å²) in [6, 6.07) is 3.34. The van der Waals surface area contributed by atoms with Gasteiger partial charge in [-0.3, -0.25) is 0 Å². The van der Waals surface area contributed by atoms with Gasteiger partial charge < -0.3 is 4.74 Å². The van der Waals surface area contributed by atoms with Crippen molar-refractivity contribution in [3.8, 4) is 0 Å². The number of imidazole rings is 1. The first-order valence-corrected chi connectivity index (χ1v) is 4.99. The summed E-state index contributed by atoms with van der Waals surface area (Å²) in [5.74, 6) is -0.428. The zero-order valence-corrected chi connectivity index (χ0v) is 9.47. The number of carbonyl (C=O) groups excluding carboxylic acids is 1. The molecule has 0 saturated heterocycles. The zero-order chi connectivity index (χ0) is 11.8. The molecule has 0 aliphatic rings. The summed E-state index contributed by atoms with van der Waals surface area (Å²) in [7, 11) is 0. The van der Waals surface area contributed by atoms with E-state index in [0.717, 1.165) is 0 Å². The maximum Gasteiger partial charge on any atom is 0.359 e. The lowest BCUT2D eigenvalue weighted by molar-refractivity contribution is 0.00613. The van der Waals surface area contributed by atoms with Crippen LogP contribution in [-0.2, 0) is 4.74 Å². The normalized spacial score (nSPS) is 11.7. The van der Waals surface area contributed by atoms with Crippen LogP contribution in [0.15, 0.2) is 24.5 Å². The van der Waals surface area contributed by atoms with E-state index in [-0.39, 0.29) is 5.69 Å². The third kappa shape index (κ3) is 2.18. The van der Waals surface area contributed by atoms with Crippen LogP contribution in [0.2, 0.25) is 0 Å². The number of fused-ring (bicyclic) bond motifs is 1. The Balaban J connectivity index is 2.29. The van der Waals surface area contributed by atoms with Crippen LogP contribution < -0.4 is 0 Å². The van der Waals surface area contributed by atoms with E-state index in [0.29, 0.717) is 5.65 Å². The van der Waals surface area contributed by atoms with Crippen LogP contribution >= 0.6 is 0 Å². The molecule has 0 N–H and O–H groups in total. The molecule has 0 fully saturated rings. The molecule has 0 atom stereocenters. The molecule has 0 amide bonds. The molecule has 0 spiro atoms. The molecule has 84 valence electrons. The predicted molar refractivity (Wildman–Crippen MR) is 58.2 cm³/mol. The second-order valence-corrected chi connectivity index (χ2v) is 4.45. The van der Waals surface area contributed by atoms with Crippen LogP contribution in [0.25, 0.3) is 5.65 Å². The van der Waals surface area contributed by atoms with Gasteiger partial charge in [0.1, 0.15) is 5.60 Å². The van der Waals surface area contributed by atoms with Gasteiger partial charge in [0, 0.05) is 12.4 Å². The van der Waals surface area contributed by atoms with Crippen LogP contribution in [0.1, 0.15) is 31.3 Å². The molecule has 2 aromatic rings. The smallest absolute Gasteiger partial charge is 0.359 e. The monoisotopic (exact) mass is 219 g/mol. The van der Waals surface area contributed by atoms with Gasteiger partial charge in [-0.1, -0.05) is 0 Å². The first-order valence-electron chi connectivity index (χ1n) is 4.99. The van der Waals surface area contributed by atoms with Crippen molar-refractivity contribution in [2.45, 2.75) is 26.4 Å². The van der Waals surface area contributed by atoms with Crippen molar-refractivity contribution in [1.29, 1.82) is 0 Å². The predicted octanol–water partition coefficient (Wildman–Crippen LogP) is 1.68. The van der Waals surface area contributed by atoms with E-state index in [1.54, 1.807) is 29.0 Å². The van der Waals surface area contributed by atoms with E-state index < -0.39 is 11.6 Å². The quantitative estimate of drug-likeness (QED) is 0.685. The van der Waals surface area contributed by atoms with E-state index in [1.165, 1.54) is 0 Å². The highest BCUT2D eigenvalue weighted by atomic mass is 16.6. The summed E-state index contributed by atoms with van der Waals surface area (Å²) < 4.78 is 6.75. The lowest BCUT2D eigenvalue weighted by Gasteiger charge is -2.18. The third-order valence-corrected chi connectivity index (χ3v) is 1.86. The molecule has 0 radical (unpaired) electrons. The minimum Gasteiger partial charge on any atom is -0.455 e. The summed E-state index contributed by atoms with van der Waals surface area (Å²) in [5.41, 5.74) is 0.468. The SMILES string of the molecule is CC(C)(C)OC(=O)c1ccc2nccn2n1. The van der Waals surface area contributed by atoms with Crippen molar-refractivity contribution in [2.75, 3.05) is 0 Å². The Hall–Kier alpha value is -1.91. The summed E-state index contributed by atoms with van der Waals surface area (Å²) in [6.07, 6.45) is 3.31. The summed E-state index contributed by atoms with van der Waals surface area (Å²) in [4.78, 5) is 15.7. The van der Waals surface area contributed by atoms with E-state index in [4.69, 9.17) is 4.74 Å². The molecule has 0 unspecified atom stereocenters. The number of esters is 1. The second kappa shape index (κ2) is 3.59. The van der Waals surface area contributed by atoms with Gasteiger partial charge in [0.15, 0.2) is 11.3 Å². The third-order valence-electron chi connectivity index (χ3n) is 1.86. The van der Waals surface area contributed by atoms with Crippen LogP contribution in [-0.4, -0.2) is 26.2 Å². The van der Waals surface area contributed by atoms with Crippen LogP contribution in [0, 0.1) is 0 Å². The first kappa shape index (κ1) is 10.6. The molecule has 0 aromatic carbocycles. The topological polar surface area (TPSA) is 56.5 Å². The minimum atomic E-state index is -0.511. The Labute approximate surface area is 93.1 Å². The molecule has 0 aliphatic heterocycles. The highest BCUT2D eigenvalue weighted by Crippen LogP contribution is 2.11. The number of hydrogen-bond acceptors (Lipinski definition) is 4. The average Bonchev–Trinajstić information content (AvgIpc) is 2.61. The highest BCUT2D eigenvalue weighted by Gasteiger charge is 2.19. The van der Waals surface area contributed by atoms with Gasteiger partial charge in [-0.25, -0.2) is 14.3 Å². The lowest BCUT2D eigenvalue weighted by Crippen LogP contribution is -2.24. The lowest BCUT2D eigenvalue weighted by atomic mass is 10.2. The van der Waals surface area contributed by atoms with Gasteiger partial charge in [-0.15, -0.1) is 0 Å². The summed E-state index contributed by atoms with van der Waals surface area (Å²) >= 11 is 0. The average molecular weight is 219 g/mol. The Morgan fingerprint density at radius 3 is 2.81 bits per heavy atom.